The van der Waals surface area contributed by atoms with Gasteiger partial charge in [-0.25, -0.2) is 13.8 Å². The number of anilines is 2. The van der Waals surface area contributed by atoms with Gasteiger partial charge in [-0.15, -0.1) is 0 Å². The molecule has 2 aliphatic heterocycles. The van der Waals surface area contributed by atoms with Crippen molar-refractivity contribution in [3.05, 3.63) is 75.2 Å². The molecule has 2 saturated heterocycles. The molecule has 4 heterocycles. The molecule has 3 aromatic rings. The maximum absolute atomic E-state index is 15.2. The zero-order valence-electron chi connectivity index (χ0n) is 21.5. The Morgan fingerprint density at radius 1 is 1.10 bits per heavy atom. The SMILES string of the molecule is C[C@@H](Oc1cc(C(=N)c2cnc(N3CC(C)(N4CCOCC4)C3)c(F)c2)c(N)cc1F)c1c(Cl)cncc1Cl. The molecule has 2 aliphatic rings. The lowest BCUT2D eigenvalue weighted by molar-refractivity contribution is -0.0268. The number of nitrogens with two attached hydrogens (primary N) is 1. The van der Waals surface area contributed by atoms with Crippen molar-refractivity contribution >= 4 is 40.4 Å². The van der Waals surface area contributed by atoms with Gasteiger partial charge in [0, 0.05) is 73.2 Å². The molecule has 39 heavy (non-hydrogen) atoms. The average molecular weight is 577 g/mol. The lowest BCUT2D eigenvalue weighted by Crippen LogP contribution is -2.70. The van der Waals surface area contributed by atoms with Crippen molar-refractivity contribution in [3.8, 4) is 5.75 Å². The van der Waals surface area contributed by atoms with Crippen LogP contribution in [0.1, 0.15) is 36.6 Å². The summed E-state index contributed by atoms with van der Waals surface area (Å²) in [7, 11) is 0. The molecule has 0 amide bonds. The summed E-state index contributed by atoms with van der Waals surface area (Å²) in [5, 5.41) is 9.22. The Labute approximate surface area is 235 Å². The van der Waals surface area contributed by atoms with E-state index in [0.29, 0.717) is 31.9 Å². The maximum Gasteiger partial charge on any atom is 0.167 e. The van der Waals surface area contributed by atoms with Crippen LogP contribution in [-0.2, 0) is 4.74 Å². The van der Waals surface area contributed by atoms with Gasteiger partial charge in [0.05, 0.1) is 34.5 Å². The van der Waals surface area contributed by atoms with Gasteiger partial charge in [0.15, 0.2) is 23.2 Å². The smallest absolute Gasteiger partial charge is 0.167 e. The minimum atomic E-state index is -0.730. The van der Waals surface area contributed by atoms with Gasteiger partial charge in [-0.3, -0.25) is 15.3 Å². The third-order valence-electron chi connectivity index (χ3n) is 7.22. The second kappa shape index (κ2) is 10.8. The summed E-state index contributed by atoms with van der Waals surface area (Å²) in [6.07, 6.45) is 3.52. The van der Waals surface area contributed by atoms with Crippen molar-refractivity contribution in [1.82, 2.24) is 14.9 Å². The van der Waals surface area contributed by atoms with Crippen molar-refractivity contribution in [2.75, 3.05) is 50.0 Å². The standard InChI is InChI=1S/C27H28Cl2F2N6O2/c1-15(24-18(28)11-34-12-19(24)29)39-23-8-17(22(32)9-20(23)30)25(33)16-7-21(31)26(35-10-16)36-13-27(2,14-36)37-3-5-38-6-4-37/h7-12,15,33H,3-6,13-14,32H2,1-2H3/t15-/m1/s1. The Kier molecular flexibility index (Phi) is 7.65. The van der Waals surface area contributed by atoms with Gasteiger partial charge in [-0.1, -0.05) is 23.2 Å². The van der Waals surface area contributed by atoms with E-state index in [1.54, 1.807) is 6.92 Å². The summed E-state index contributed by atoms with van der Waals surface area (Å²) in [5.41, 5.74) is 6.68. The summed E-state index contributed by atoms with van der Waals surface area (Å²) in [5.74, 6) is -1.20. The molecular formula is C27H28Cl2F2N6O2. The lowest BCUT2D eigenvalue weighted by atomic mass is 9.89. The molecule has 0 radical (unpaired) electrons. The van der Waals surface area contributed by atoms with Crippen LogP contribution in [0, 0.1) is 17.0 Å². The summed E-state index contributed by atoms with van der Waals surface area (Å²) >= 11 is 12.4. The molecule has 2 fully saturated rings. The molecule has 1 atom stereocenters. The van der Waals surface area contributed by atoms with E-state index in [0.717, 1.165) is 19.2 Å². The maximum atomic E-state index is 15.2. The normalized spacial score (nSPS) is 17.9. The highest BCUT2D eigenvalue weighted by molar-refractivity contribution is 6.35. The number of rotatable bonds is 7. The van der Waals surface area contributed by atoms with Crippen molar-refractivity contribution < 1.29 is 18.3 Å². The number of nitrogens with one attached hydrogen (secondary N) is 1. The Balaban J connectivity index is 1.33. The van der Waals surface area contributed by atoms with E-state index in [2.05, 4.69) is 21.8 Å². The lowest BCUT2D eigenvalue weighted by Gasteiger charge is -2.55. The van der Waals surface area contributed by atoms with Gasteiger partial charge in [0.1, 0.15) is 6.10 Å². The number of benzene rings is 1. The molecule has 1 aromatic carbocycles. The quantitative estimate of drug-likeness (QED) is 0.297. The monoisotopic (exact) mass is 576 g/mol. The summed E-state index contributed by atoms with van der Waals surface area (Å²) in [6.45, 7) is 8.19. The van der Waals surface area contributed by atoms with Crippen LogP contribution >= 0.6 is 23.2 Å². The number of aromatic nitrogens is 2. The number of pyridine rings is 2. The first-order valence-corrected chi connectivity index (χ1v) is 13.2. The van der Waals surface area contributed by atoms with E-state index in [9.17, 15) is 4.39 Å². The van der Waals surface area contributed by atoms with Crippen LogP contribution in [0.25, 0.3) is 0 Å². The number of ether oxygens (including phenoxy) is 2. The van der Waals surface area contributed by atoms with Crippen LogP contribution in [0.15, 0.2) is 36.8 Å². The number of nitrogen functional groups attached to an aromatic ring is 1. The Morgan fingerprint density at radius 2 is 1.77 bits per heavy atom. The second-order valence-corrected chi connectivity index (χ2v) is 10.8. The molecule has 0 bridgehead atoms. The van der Waals surface area contributed by atoms with Crippen molar-refractivity contribution in [3.63, 3.8) is 0 Å². The Bertz CT molecular complexity index is 1390. The number of hydrogen-bond acceptors (Lipinski definition) is 8. The van der Waals surface area contributed by atoms with Crippen LogP contribution in [-0.4, -0.2) is 65.5 Å². The number of hydrogen-bond donors (Lipinski definition) is 2. The first-order chi connectivity index (χ1) is 18.6. The fraction of sp³-hybridized carbons (Fsp3) is 0.370. The Morgan fingerprint density at radius 3 is 2.41 bits per heavy atom. The van der Waals surface area contributed by atoms with E-state index in [4.69, 9.17) is 43.8 Å². The topological polar surface area (TPSA) is 101 Å². The van der Waals surface area contributed by atoms with E-state index < -0.39 is 17.7 Å². The fourth-order valence-corrected chi connectivity index (χ4v) is 5.79. The van der Waals surface area contributed by atoms with Gasteiger partial charge < -0.3 is 20.1 Å². The first-order valence-electron chi connectivity index (χ1n) is 12.4. The third-order valence-corrected chi connectivity index (χ3v) is 7.82. The molecule has 8 nitrogen and oxygen atoms in total. The zero-order chi connectivity index (χ0) is 27.9. The molecule has 12 heteroatoms. The van der Waals surface area contributed by atoms with Gasteiger partial charge in [0.25, 0.3) is 0 Å². The van der Waals surface area contributed by atoms with E-state index in [1.807, 2.05) is 4.90 Å². The highest BCUT2D eigenvalue weighted by Gasteiger charge is 2.45. The minimum Gasteiger partial charge on any atom is -0.483 e. The van der Waals surface area contributed by atoms with Gasteiger partial charge in [0.2, 0.25) is 0 Å². The van der Waals surface area contributed by atoms with Crippen LogP contribution in [0.5, 0.6) is 5.75 Å². The highest BCUT2D eigenvalue weighted by atomic mass is 35.5. The molecule has 3 N–H and O–H groups in total. The number of halogens is 4. The zero-order valence-corrected chi connectivity index (χ0v) is 23.0. The van der Waals surface area contributed by atoms with Crippen molar-refractivity contribution in [2.24, 2.45) is 0 Å². The number of nitrogens with zero attached hydrogens (tertiary/aromatic N) is 4. The molecule has 0 unspecified atom stereocenters. The first kappa shape index (κ1) is 27.5. The van der Waals surface area contributed by atoms with E-state index >= 15 is 4.39 Å². The van der Waals surface area contributed by atoms with Gasteiger partial charge in [-0.05, 0) is 26.0 Å². The summed E-state index contributed by atoms with van der Waals surface area (Å²) in [6, 6.07) is 3.62. The highest BCUT2D eigenvalue weighted by Crippen LogP contribution is 2.36. The third kappa shape index (κ3) is 5.38. The predicted octanol–water partition coefficient (Wildman–Crippen LogP) is 5.11. The molecule has 0 aliphatic carbocycles. The van der Waals surface area contributed by atoms with E-state index in [1.165, 1.54) is 30.7 Å². The van der Waals surface area contributed by atoms with Crippen molar-refractivity contribution in [2.45, 2.75) is 25.5 Å². The largest absolute Gasteiger partial charge is 0.483 e. The average Bonchev–Trinajstić information content (AvgIpc) is 2.88. The van der Waals surface area contributed by atoms with Crippen LogP contribution in [0.3, 0.4) is 0 Å². The number of morpholine rings is 1. The van der Waals surface area contributed by atoms with Crippen LogP contribution in [0.4, 0.5) is 20.3 Å². The molecule has 0 spiro atoms. The van der Waals surface area contributed by atoms with Gasteiger partial charge in [-0.2, -0.15) is 0 Å². The fourth-order valence-electron chi connectivity index (χ4n) is 5.12. The van der Waals surface area contributed by atoms with Crippen molar-refractivity contribution in [1.29, 1.82) is 5.41 Å². The van der Waals surface area contributed by atoms with E-state index in [-0.39, 0.29) is 49.7 Å². The van der Waals surface area contributed by atoms with Crippen LogP contribution in [0.2, 0.25) is 10.0 Å². The predicted molar refractivity (Wildman–Crippen MR) is 147 cm³/mol. The minimum absolute atomic E-state index is 0.00554. The summed E-state index contributed by atoms with van der Waals surface area (Å²) in [4.78, 5) is 12.5. The molecule has 0 saturated carbocycles. The van der Waals surface area contributed by atoms with Crippen LogP contribution < -0.4 is 15.4 Å². The molecule has 206 valence electrons. The molecule has 2 aromatic heterocycles. The summed E-state index contributed by atoms with van der Waals surface area (Å²) < 4.78 is 41.2. The Hall–Kier alpha value is -3.05. The second-order valence-electron chi connectivity index (χ2n) is 10.0. The molecular weight excluding hydrogens is 549 g/mol. The van der Waals surface area contributed by atoms with Gasteiger partial charge >= 0.3 is 0 Å². The molecule has 5 rings (SSSR count).